The summed E-state index contributed by atoms with van der Waals surface area (Å²) in [4.78, 5) is 22.4. The third kappa shape index (κ3) is 3.61. The summed E-state index contributed by atoms with van der Waals surface area (Å²) >= 11 is 0. The van der Waals surface area contributed by atoms with E-state index in [4.69, 9.17) is 4.74 Å². The van der Waals surface area contributed by atoms with Crippen LogP contribution in [-0.2, 0) is 4.74 Å². The molecule has 1 aromatic heterocycles. The van der Waals surface area contributed by atoms with E-state index in [0.29, 0.717) is 18.7 Å². The van der Waals surface area contributed by atoms with Gasteiger partial charge in [-0.2, -0.15) is 0 Å². The molecular formula is C20H22N4O2. The number of rotatable bonds is 4. The number of hydrogen-bond acceptors (Lipinski definition) is 4. The highest BCUT2D eigenvalue weighted by atomic mass is 16.5. The van der Waals surface area contributed by atoms with Gasteiger partial charge in [-0.25, -0.2) is 4.98 Å². The summed E-state index contributed by atoms with van der Waals surface area (Å²) in [6, 6.07) is 15.4. The molecular weight excluding hydrogens is 328 g/mol. The summed E-state index contributed by atoms with van der Waals surface area (Å²) in [5.74, 6) is 0.717. The summed E-state index contributed by atoms with van der Waals surface area (Å²) in [6.45, 7) is 3.01. The number of hydrogen-bond donors (Lipinski definition) is 2. The largest absolute Gasteiger partial charge is 0.374 e. The van der Waals surface area contributed by atoms with Crippen LogP contribution < -0.4 is 5.32 Å². The minimum absolute atomic E-state index is 0.0486. The van der Waals surface area contributed by atoms with Crippen LogP contribution in [0, 0.1) is 0 Å². The van der Waals surface area contributed by atoms with Gasteiger partial charge in [0.1, 0.15) is 5.82 Å². The Balaban J connectivity index is 1.41. The second kappa shape index (κ2) is 7.27. The third-order valence-corrected chi connectivity index (χ3v) is 4.64. The van der Waals surface area contributed by atoms with Crippen LogP contribution in [0.2, 0.25) is 0 Å². The molecule has 6 nitrogen and oxygen atoms in total. The molecule has 1 fully saturated rings. The predicted molar refractivity (Wildman–Crippen MR) is 101 cm³/mol. The van der Waals surface area contributed by atoms with Gasteiger partial charge in [-0.1, -0.05) is 24.3 Å². The number of fused-ring (bicyclic) bond motifs is 1. The average Bonchev–Trinajstić information content (AvgIpc) is 3.10. The monoisotopic (exact) mass is 350 g/mol. The third-order valence-electron chi connectivity index (χ3n) is 4.64. The number of carbonyl (C=O) groups is 1. The molecule has 2 heterocycles. The zero-order valence-electron chi connectivity index (χ0n) is 14.7. The second-order valence-corrected chi connectivity index (χ2v) is 6.64. The summed E-state index contributed by atoms with van der Waals surface area (Å²) in [6.07, 6.45) is 0.0486. The number of amides is 1. The van der Waals surface area contributed by atoms with E-state index in [1.165, 1.54) is 0 Å². The average molecular weight is 350 g/mol. The van der Waals surface area contributed by atoms with Gasteiger partial charge in [-0.05, 0) is 31.3 Å². The van der Waals surface area contributed by atoms with Crippen molar-refractivity contribution in [2.75, 3.05) is 33.3 Å². The summed E-state index contributed by atoms with van der Waals surface area (Å²) in [5.41, 5.74) is 3.52. The highest BCUT2D eigenvalue weighted by molar-refractivity contribution is 5.94. The van der Waals surface area contributed by atoms with Gasteiger partial charge < -0.3 is 19.9 Å². The van der Waals surface area contributed by atoms with Crippen molar-refractivity contribution < 1.29 is 9.53 Å². The first kappa shape index (κ1) is 16.8. The highest BCUT2D eigenvalue weighted by Gasteiger charge is 2.18. The van der Waals surface area contributed by atoms with Crippen LogP contribution in [0.5, 0.6) is 0 Å². The van der Waals surface area contributed by atoms with E-state index in [1.807, 2.05) is 48.5 Å². The fourth-order valence-corrected chi connectivity index (χ4v) is 3.17. The van der Waals surface area contributed by atoms with Crippen molar-refractivity contribution in [3.05, 3.63) is 54.1 Å². The maximum Gasteiger partial charge on any atom is 0.251 e. The number of benzene rings is 2. The molecule has 1 amide bonds. The van der Waals surface area contributed by atoms with Gasteiger partial charge in [-0.3, -0.25) is 4.79 Å². The molecule has 1 atom stereocenters. The number of aromatic nitrogens is 2. The van der Waals surface area contributed by atoms with Crippen molar-refractivity contribution in [3.8, 4) is 11.4 Å². The van der Waals surface area contributed by atoms with Gasteiger partial charge in [0.05, 0.1) is 23.7 Å². The van der Waals surface area contributed by atoms with E-state index in [2.05, 4.69) is 27.2 Å². The number of morpholine rings is 1. The molecule has 3 aromatic rings. The number of likely N-dealkylation sites (N-methyl/N-ethyl adjacent to an activating group) is 1. The molecule has 0 radical (unpaired) electrons. The van der Waals surface area contributed by atoms with Crippen molar-refractivity contribution in [2.45, 2.75) is 6.10 Å². The van der Waals surface area contributed by atoms with Crippen molar-refractivity contribution in [3.63, 3.8) is 0 Å². The van der Waals surface area contributed by atoms with Gasteiger partial charge in [-0.15, -0.1) is 0 Å². The van der Waals surface area contributed by atoms with Gasteiger partial charge in [0.2, 0.25) is 0 Å². The highest BCUT2D eigenvalue weighted by Crippen LogP contribution is 2.20. The van der Waals surface area contributed by atoms with E-state index in [0.717, 1.165) is 35.5 Å². The van der Waals surface area contributed by atoms with Crippen LogP contribution in [0.25, 0.3) is 22.4 Å². The fourth-order valence-electron chi connectivity index (χ4n) is 3.17. The van der Waals surface area contributed by atoms with E-state index >= 15 is 0 Å². The number of imidazole rings is 1. The van der Waals surface area contributed by atoms with E-state index in [9.17, 15) is 4.79 Å². The Morgan fingerprint density at radius 1 is 1.27 bits per heavy atom. The molecule has 6 heteroatoms. The Kier molecular flexibility index (Phi) is 4.69. The zero-order chi connectivity index (χ0) is 17.9. The quantitative estimate of drug-likeness (QED) is 0.757. The molecule has 1 aliphatic heterocycles. The summed E-state index contributed by atoms with van der Waals surface area (Å²) in [7, 11) is 2.06. The minimum atomic E-state index is -0.0852. The predicted octanol–water partition coefficient (Wildman–Crippen LogP) is 2.29. The molecule has 134 valence electrons. The number of aromatic amines is 1. The van der Waals surface area contributed by atoms with Crippen LogP contribution >= 0.6 is 0 Å². The van der Waals surface area contributed by atoms with Gasteiger partial charge in [0.15, 0.2) is 0 Å². The SMILES string of the molecule is CN1CCO[C@@H](CNC(=O)c2ccc(-c3nc4ccccc4[nH]3)cc2)C1. The molecule has 0 unspecified atom stereocenters. The molecule has 0 saturated carbocycles. The number of para-hydroxylation sites is 2. The number of nitrogens with one attached hydrogen (secondary N) is 2. The summed E-state index contributed by atoms with van der Waals surface area (Å²) < 4.78 is 5.67. The number of H-pyrrole nitrogens is 1. The Hall–Kier alpha value is -2.70. The van der Waals surface area contributed by atoms with Crippen LogP contribution in [0.4, 0.5) is 0 Å². The van der Waals surface area contributed by atoms with Crippen LogP contribution in [-0.4, -0.2) is 60.2 Å². The first-order valence-corrected chi connectivity index (χ1v) is 8.82. The van der Waals surface area contributed by atoms with E-state index in [-0.39, 0.29) is 12.0 Å². The molecule has 26 heavy (non-hydrogen) atoms. The van der Waals surface area contributed by atoms with Gasteiger partial charge in [0.25, 0.3) is 5.91 Å². The van der Waals surface area contributed by atoms with E-state index in [1.54, 1.807) is 0 Å². The lowest BCUT2D eigenvalue weighted by atomic mass is 10.1. The molecule has 1 saturated heterocycles. The van der Waals surface area contributed by atoms with Crippen molar-refractivity contribution >= 4 is 16.9 Å². The first-order chi connectivity index (χ1) is 12.7. The summed E-state index contributed by atoms with van der Waals surface area (Å²) in [5, 5.41) is 2.96. The lowest BCUT2D eigenvalue weighted by molar-refractivity contribution is -0.0175. The van der Waals surface area contributed by atoms with Crippen molar-refractivity contribution in [1.29, 1.82) is 0 Å². The van der Waals surface area contributed by atoms with Crippen LogP contribution in [0.15, 0.2) is 48.5 Å². The Morgan fingerprint density at radius 3 is 2.85 bits per heavy atom. The maximum atomic E-state index is 12.4. The lowest BCUT2D eigenvalue weighted by Gasteiger charge is -2.30. The van der Waals surface area contributed by atoms with Crippen molar-refractivity contribution in [2.24, 2.45) is 0 Å². The molecule has 2 aromatic carbocycles. The number of ether oxygens (including phenoxy) is 1. The zero-order valence-corrected chi connectivity index (χ0v) is 14.7. The number of nitrogens with zero attached hydrogens (tertiary/aromatic N) is 2. The Labute approximate surface area is 152 Å². The smallest absolute Gasteiger partial charge is 0.251 e. The van der Waals surface area contributed by atoms with Gasteiger partial charge >= 0.3 is 0 Å². The maximum absolute atomic E-state index is 12.4. The van der Waals surface area contributed by atoms with E-state index < -0.39 is 0 Å². The minimum Gasteiger partial charge on any atom is -0.374 e. The topological polar surface area (TPSA) is 70.2 Å². The molecule has 2 N–H and O–H groups in total. The normalized spacial score (nSPS) is 18.1. The molecule has 0 bridgehead atoms. The fraction of sp³-hybridized carbons (Fsp3) is 0.300. The first-order valence-electron chi connectivity index (χ1n) is 8.82. The molecule has 0 spiro atoms. The second-order valence-electron chi connectivity index (χ2n) is 6.64. The molecule has 4 rings (SSSR count). The lowest BCUT2D eigenvalue weighted by Crippen LogP contribution is -2.45. The number of carbonyl (C=O) groups excluding carboxylic acids is 1. The Morgan fingerprint density at radius 2 is 2.08 bits per heavy atom. The Bertz CT molecular complexity index is 871. The van der Waals surface area contributed by atoms with Crippen molar-refractivity contribution in [1.82, 2.24) is 20.2 Å². The standard InChI is InChI=1S/C20H22N4O2/c1-24-10-11-26-16(13-24)12-21-20(25)15-8-6-14(7-9-15)19-22-17-4-2-3-5-18(17)23-19/h2-9,16H,10-13H2,1H3,(H,21,25)(H,22,23)/t16-/m0/s1. The molecule has 1 aliphatic rings. The van der Waals surface area contributed by atoms with Crippen LogP contribution in [0.1, 0.15) is 10.4 Å². The molecule has 0 aliphatic carbocycles. The van der Waals surface area contributed by atoms with Crippen LogP contribution in [0.3, 0.4) is 0 Å². The van der Waals surface area contributed by atoms with Gasteiger partial charge in [0, 0.05) is 30.8 Å².